The number of hydrogen-bond acceptors (Lipinski definition) is 6. The molecule has 0 saturated heterocycles. The molecule has 0 amide bonds. The van der Waals surface area contributed by atoms with Gasteiger partial charge in [0.05, 0.1) is 6.26 Å². The predicted octanol–water partition coefficient (Wildman–Crippen LogP) is -1.10. The van der Waals surface area contributed by atoms with E-state index in [9.17, 15) is 8.42 Å². The Kier molecular flexibility index (Phi) is 2.08. The van der Waals surface area contributed by atoms with Crippen molar-refractivity contribution < 1.29 is 8.42 Å². The fraction of sp³-hybridized carbons (Fsp3) is 0.400. The maximum absolute atomic E-state index is 11.1. The van der Waals surface area contributed by atoms with E-state index >= 15 is 0 Å². The van der Waals surface area contributed by atoms with Crippen LogP contribution < -0.4 is 16.8 Å². The SMILES string of the molecule is CNc1c(N)nn(S(C)(=O)=O)c1N. The maximum Gasteiger partial charge on any atom is 0.252 e. The molecule has 74 valence electrons. The highest BCUT2D eigenvalue weighted by molar-refractivity contribution is 7.89. The first kappa shape index (κ1) is 9.65. The number of nitrogens with two attached hydrogens (primary N) is 2. The minimum atomic E-state index is -3.48. The first-order chi connectivity index (χ1) is 5.88. The lowest BCUT2D eigenvalue weighted by Crippen LogP contribution is -2.14. The van der Waals surface area contributed by atoms with Gasteiger partial charge in [-0.05, 0) is 0 Å². The van der Waals surface area contributed by atoms with E-state index in [1.54, 1.807) is 7.05 Å². The number of nitrogens with one attached hydrogen (secondary N) is 1. The van der Waals surface area contributed by atoms with Gasteiger partial charge < -0.3 is 16.8 Å². The van der Waals surface area contributed by atoms with E-state index in [1.807, 2.05) is 0 Å². The highest BCUT2D eigenvalue weighted by atomic mass is 32.2. The van der Waals surface area contributed by atoms with Gasteiger partial charge in [-0.3, -0.25) is 0 Å². The molecule has 0 bridgehead atoms. The van der Waals surface area contributed by atoms with Crippen LogP contribution in [0.5, 0.6) is 0 Å². The molecule has 1 heterocycles. The third-order valence-electron chi connectivity index (χ3n) is 1.48. The van der Waals surface area contributed by atoms with Gasteiger partial charge in [-0.15, -0.1) is 9.19 Å². The predicted molar refractivity (Wildman–Crippen MR) is 50.8 cm³/mol. The number of anilines is 3. The van der Waals surface area contributed by atoms with Gasteiger partial charge in [0, 0.05) is 7.05 Å². The first-order valence-electron chi connectivity index (χ1n) is 3.40. The third kappa shape index (κ3) is 1.52. The van der Waals surface area contributed by atoms with Crippen LogP contribution in [0.4, 0.5) is 17.3 Å². The van der Waals surface area contributed by atoms with Gasteiger partial charge in [-0.25, -0.2) is 8.42 Å². The maximum atomic E-state index is 11.1. The molecule has 8 heteroatoms. The molecule has 0 unspecified atom stereocenters. The smallest absolute Gasteiger partial charge is 0.252 e. The van der Waals surface area contributed by atoms with Crippen molar-refractivity contribution >= 4 is 27.3 Å². The van der Waals surface area contributed by atoms with Crippen LogP contribution in [0.3, 0.4) is 0 Å². The number of hydrogen-bond donors (Lipinski definition) is 3. The Morgan fingerprint density at radius 3 is 2.23 bits per heavy atom. The Morgan fingerprint density at radius 2 is 2.00 bits per heavy atom. The zero-order valence-corrected chi connectivity index (χ0v) is 8.09. The van der Waals surface area contributed by atoms with Gasteiger partial charge in [0.2, 0.25) is 0 Å². The van der Waals surface area contributed by atoms with Crippen LogP contribution in [0.1, 0.15) is 0 Å². The average Bonchev–Trinajstić information content (AvgIpc) is 2.25. The second-order valence-electron chi connectivity index (χ2n) is 2.50. The second kappa shape index (κ2) is 2.80. The molecular weight excluding hydrogens is 194 g/mol. The molecule has 0 aliphatic carbocycles. The molecule has 0 fully saturated rings. The van der Waals surface area contributed by atoms with E-state index in [0.717, 1.165) is 6.26 Å². The summed E-state index contributed by atoms with van der Waals surface area (Å²) >= 11 is 0. The Labute approximate surface area is 75.8 Å². The highest BCUT2D eigenvalue weighted by Crippen LogP contribution is 2.25. The normalized spacial score (nSPS) is 11.5. The Balaban J connectivity index is 3.44. The summed E-state index contributed by atoms with van der Waals surface area (Å²) in [4.78, 5) is 0. The number of aromatic nitrogens is 2. The summed E-state index contributed by atoms with van der Waals surface area (Å²) in [6, 6.07) is 0. The van der Waals surface area contributed by atoms with Crippen LogP contribution in [0, 0.1) is 0 Å². The molecule has 5 N–H and O–H groups in total. The van der Waals surface area contributed by atoms with Crippen molar-refractivity contribution in [3.05, 3.63) is 0 Å². The van der Waals surface area contributed by atoms with Crippen LogP contribution >= 0.6 is 0 Å². The summed E-state index contributed by atoms with van der Waals surface area (Å²) in [6.07, 6.45) is 0.995. The summed E-state index contributed by atoms with van der Waals surface area (Å²) in [6.45, 7) is 0. The van der Waals surface area contributed by atoms with Crippen LogP contribution in [-0.2, 0) is 10.0 Å². The molecule has 0 saturated carbocycles. The summed E-state index contributed by atoms with van der Waals surface area (Å²) in [5.41, 5.74) is 11.2. The largest absolute Gasteiger partial charge is 0.382 e. The van der Waals surface area contributed by atoms with Crippen molar-refractivity contribution in [2.75, 3.05) is 30.1 Å². The third-order valence-corrected chi connectivity index (χ3v) is 2.39. The van der Waals surface area contributed by atoms with Crippen molar-refractivity contribution in [1.82, 2.24) is 9.19 Å². The monoisotopic (exact) mass is 205 g/mol. The van der Waals surface area contributed by atoms with Crippen LogP contribution in [0.25, 0.3) is 0 Å². The summed E-state index contributed by atoms with van der Waals surface area (Å²) in [7, 11) is -1.90. The standard InChI is InChI=1S/C5H11N5O2S/c1-8-3-4(6)9-10(5(3)7)13(2,11)12/h8H,7H2,1-2H3,(H2,6,9). The molecule has 0 aliphatic heterocycles. The quantitative estimate of drug-likeness (QED) is 0.564. The van der Waals surface area contributed by atoms with Crippen molar-refractivity contribution in [2.45, 2.75) is 0 Å². The Morgan fingerprint density at radius 1 is 1.46 bits per heavy atom. The number of nitrogens with zero attached hydrogens (tertiary/aromatic N) is 2. The van der Waals surface area contributed by atoms with Gasteiger partial charge >= 0.3 is 0 Å². The van der Waals surface area contributed by atoms with E-state index in [1.165, 1.54) is 0 Å². The second-order valence-corrected chi connectivity index (χ2v) is 4.31. The molecule has 1 rings (SSSR count). The number of nitrogen functional groups attached to an aromatic ring is 2. The van der Waals surface area contributed by atoms with E-state index in [0.29, 0.717) is 9.77 Å². The molecule has 1 aromatic heterocycles. The van der Waals surface area contributed by atoms with Crippen molar-refractivity contribution in [1.29, 1.82) is 0 Å². The Bertz CT molecular complexity index is 420. The zero-order valence-electron chi connectivity index (χ0n) is 7.27. The van der Waals surface area contributed by atoms with E-state index in [4.69, 9.17) is 11.5 Å². The molecule has 1 aromatic rings. The molecule has 7 nitrogen and oxygen atoms in total. The average molecular weight is 205 g/mol. The molecule has 0 aromatic carbocycles. The van der Waals surface area contributed by atoms with E-state index in [2.05, 4.69) is 10.4 Å². The fourth-order valence-electron chi connectivity index (χ4n) is 0.938. The molecule has 0 spiro atoms. The van der Waals surface area contributed by atoms with Gasteiger partial charge in [-0.2, -0.15) is 0 Å². The van der Waals surface area contributed by atoms with Crippen LogP contribution in [0.15, 0.2) is 0 Å². The summed E-state index contributed by atoms with van der Waals surface area (Å²) < 4.78 is 22.8. The van der Waals surface area contributed by atoms with E-state index in [-0.39, 0.29) is 11.6 Å². The van der Waals surface area contributed by atoms with Gasteiger partial charge in [0.1, 0.15) is 5.69 Å². The minimum Gasteiger partial charge on any atom is -0.382 e. The van der Waals surface area contributed by atoms with Crippen LogP contribution in [-0.4, -0.2) is 30.9 Å². The van der Waals surface area contributed by atoms with Crippen molar-refractivity contribution in [3.8, 4) is 0 Å². The zero-order chi connectivity index (χ0) is 10.2. The lowest BCUT2D eigenvalue weighted by Gasteiger charge is -2.00. The molecule has 0 atom stereocenters. The number of rotatable bonds is 2. The molecular formula is C5H11N5O2S. The van der Waals surface area contributed by atoms with Crippen molar-refractivity contribution in [2.24, 2.45) is 0 Å². The van der Waals surface area contributed by atoms with Crippen molar-refractivity contribution in [3.63, 3.8) is 0 Å². The fourth-order valence-corrected chi connectivity index (χ4v) is 1.62. The lowest BCUT2D eigenvalue weighted by atomic mass is 10.5. The highest BCUT2D eigenvalue weighted by Gasteiger charge is 2.17. The molecule has 0 aliphatic rings. The van der Waals surface area contributed by atoms with Gasteiger partial charge in [-0.1, -0.05) is 0 Å². The molecule has 0 radical (unpaired) electrons. The summed E-state index contributed by atoms with van der Waals surface area (Å²) in [5, 5.41) is 6.23. The minimum absolute atomic E-state index is 0.0116. The first-order valence-corrected chi connectivity index (χ1v) is 5.25. The van der Waals surface area contributed by atoms with Gasteiger partial charge in [0.15, 0.2) is 11.6 Å². The van der Waals surface area contributed by atoms with Crippen LogP contribution in [0.2, 0.25) is 0 Å². The van der Waals surface area contributed by atoms with Gasteiger partial charge in [0.25, 0.3) is 10.0 Å². The Hall–Kier alpha value is -1.44. The van der Waals surface area contributed by atoms with E-state index < -0.39 is 10.0 Å². The summed E-state index contributed by atoms with van der Waals surface area (Å²) in [5.74, 6) is 0.0490. The molecule has 13 heavy (non-hydrogen) atoms. The lowest BCUT2D eigenvalue weighted by molar-refractivity contribution is 0.587. The topological polar surface area (TPSA) is 116 Å².